The van der Waals surface area contributed by atoms with Gasteiger partial charge in [-0.05, 0) is 37.3 Å². The summed E-state index contributed by atoms with van der Waals surface area (Å²) in [6, 6.07) is 7.61. The van der Waals surface area contributed by atoms with Crippen LogP contribution in [0.5, 0.6) is 0 Å². The van der Waals surface area contributed by atoms with E-state index in [0.717, 1.165) is 18.4 Å². The smallest absolute Gasteiger partial charge is 0.254 e. The number of carbonyl (C=O) groups excluding carboxylic acids is 1. The quantitative estimate of drug-likeness (QED) is 0.853. The fraction of sp³-hybridized carbons (Fsp3) is 0.412. The van der Waals surface area contributed by atoms with Crippen molar-refractivity contribution in [1.82, 2.24) is 15.1 Å². The number of nitrogens with two attached hydrogens (primary N) is 1. The monoisotopic (exact) mass is 332 g/mol. The van der Waals surface area contributed by atoms with E-state index in [1.165, 1.54) is 0 Å². The van der Waals surface area contributed by atoms with Crippen LogP contribution in [0.2, 0.25) is 5.02 Å². The Balaban J connectivity index is 1.69. The molecule has 0 spiro atoms. The van der Waals surface area contributed by atoms with Crippen LogP contribution in [0, 0.1) is 5.92 Å². The van der Waals surface area contributed by atoms with E-state index in [1.807, 2.05) is 31.2 Å². The van der Waals surface area contributed by atoms with Crippen molar-refractivity contribution in [2.75, 3.05) is 6.54 Å². The largest absolute Gasteiger partial charge is 0.345 e. The summed E-state index contributed by atoms with van der Waals surface area (Å²) in [4.78, 5) is 12.4. The van der Waals surface area contributed by atoms with Crippen LogP contribution >= 0.6 is 11.6 Å². The Morgan fingerprint density at radius 1 is 1.48 bits per heavy atom. The van der Waals surface area contributed by atoms with Crippen molar-refractivity contribution in [3.63, 3.8) is 0 Å². The second-order valence-electron chi connectivity index (χ2n) is 6.37. The first-order valence-corrected chi connectivity index (χ1v) is 8.18. The van der Waals surface area contributed by atoms with E-state index in [4.69, 9.17) is 17.3 Å². The second-order valence-corrected chi connectivity index (χ2v) is 6.78. The lowest BCUT2D eigenvalue weighted by Gasteiger charge is -2.29. The molecule has 2 aromatic rings. The molecule has 1 saturated carbocycles. The predicted molar refractivity (Wildman–Crippen MR) is 90.4 cm³/mol. The highest BCUT2D eigenvalue weighted by molar-refractivity contribution is 6.31. The van der Waals surface area contributed by atoms with E-state index in [-0.39, 0.29) is 11.4 Å². The van der Waals surface area contributed by atoms with Crippen molar-refractivity contribution in [3.8, 4) is 0 Å². The molecule has 5 nitrogen and oxygen atoms in total. The van der Waals surface area contributed by atoms with Crippen LogP contribution in [-0.4, -0.2) is 27.8 Å². The topological polar surface area (TPSA) is 72.9 Å². The zero-order valence-electron chi connectivity index (χ0n) is 13.1. The van der Waals surface area contributed by atoms with Gasteiger partial charge in [-0.25, -0.2) is 0 Å². The minimum atomic E-state index is -0.331. The highest BCUT2D eigenvalue weighted by Crippen LogP contribution is 2.39. The Morgan fingerprint density at radius 2 is 2.22 bits per heavy atom. The predicted octanol–water partition coefficient (Wildman–Crippen LogP) is 2.44. The molecule has 1 heterocycles. The molecule has 1 aliphatic carbocycles. The molecule has 1 aromatic heterocycles. The SMILES string of the molecule is CC(CN)(NC(=O)c1cnn(Cc2ccccc2Cl)c1)C1CC1. The Hall–Kier alpha value is -1.85. The number of nitrogens with one attached hydrogen (secondary N) is 1. The normalized spacial score (nSPS) is 16.8. The molecule has 1 unspecified atom stereocenters. The molecule has 1 amide bonds. The van der Waals surface area contributed by atoms with Gasteiger partial charge in [-0.3, -0.25) is 9.48 Å². The molecule has 0 bridgehead atoms. The van der Waals surface area contributed by atoms with Crippen LogP contribution in [0.4, 0.5) is 0 Å². The van der Waals surface area contributed by atoms with Gasteiger partial charge in [0.2, 0.25) is 0 Å². The van der Waals surface area contributed by atoms with E-state index >= 15 is 0 Å². The molecule has 23 heavy (non-hydrogen) atoms. The van der Waals surface area contributed by atoms with Crippen LogP contribution in [0.3, 0.4) is 0 Å². The summed E-state index contributed by atoms with van der Waals surface area (Å²) in [7, 11) is 0. The lowest BCUT2D eigenvalue weighted by molar-refractivity contribution is 0.0897. The fourth-order valence-electron chi connectivity index (χ4n) is 2.74. The van der Waals surface area contributed by atoms with Gasteiger partial charge < -0.3 is 11.1 Å². The number of amides is 1. The lowest BCUT2D eigenvalue weighted by Crippen LogP contribution is -2.53. The molecule has 3 rings (SSSR count). The third-order valence-electron chi connectivity index (χ3n) is 4.49. The number of hydrogen-bond acceptors (Lipinski definition) is 3. The summed E-state index contributed by atoms with van der Waals surface area (Å²) in [6.45, 7) is 2.98. The Morgan fingerprint density at radius 3 is 2.87 bits per heavy atom. The highest BCUT2D eigenvalue weighted by atomic mass is 35.5. The highest BCUT2D eigenvalue weighted by Gasteiger charge is 2.41. The maximum atomic E-state index is 12.4. The van der Waals surface area contributed by atoms with Gasteiger partial charge in [0.25, 0.3) is 5.91 Å². The first-order valence-electron chi connectivity index (χ1n) is 7.80. The summed E-state index contributed by atoms with van der Waals surface area (Å²) in [5.74, 6) is 0.352. The van der Waals surface area contributed by atoms with E-state index in [0.29, 0.717) is 29.6 Å². The first-order chi connectivity index (χ1) is 11.0. The van der Waals surface area contributed by atoms with Crippen LogP contribution in [0.1, 0.15) is 35.7 Å². The Bertz CT molecular complexity index is 710. The third-order valence-corrected chi connectivity index (χ3v) is 4.86. The van der Waals surface area contributed by atoms with Crippen molar-refractivity contribution in [2.24, 2.45) is 11.7 Å². The molecule has 1 aliphatic rings. The molecule has 0 radical (unpaired) electrons. The second kappa shape index (κ2) is 6.34. The van der Waals surface area contributed by atoms with Gasteiger partial charge in [-0.1, -0.05) is 29.8 Å². The van der Waals surface area contributed by atoms with Gasteiger partial charge in [0, 0.05) is 17.8 Å². The van der Waals surface area contributed by atoms with Crippen LogP contribution in [0.25, 0.3) is 0 Å². The number of nitrogens with zero attached hydrogens (tertiary/aromatic N) is 2. The van der Waals surface area contributed by atoms with Crippen LogP contribution in [0.15, 0.2) is 36.7 Å². The number of rotatable bonds is 6. The number of carbonyl (C=O) groups is 1. The molecule has 0 aliphatic heterocycles. The zero-order chi connectivity index (χ0) is 16.4. The average Bonchev–Trinajstić information content (AvgIpc) is 3.30. The molecule has 1 atom stereocenters. The summed E-state index contributed by atoms with van der Waals surface area (Å²) < 4.78 is 1.72. The standard InChI is InChI=1S/C17H21ClN4O/c1-17(11-19,14-6-7-14)21-16(23)13-8-20-22(10-13)9-12-4-2-3-5-15(12)18/h2-5,8,10,14H,6-7,9,11,19H2,1H3,(H,21,23). The van der Waals surface area contributed by atoms with Crippen molar-refractivity contribution < 1.29 is 4.79 Å². The van der Waals surface area contributed by atoms with Gasteiger partial charge in [0.15, 0.2) is 0 Å². The van der Waals surface area contributed by atoms with Gasteiger partial charge in [0.1, 0.15) is 0 Å². The van der Waals surface area contributed by atoms with E-state index in [9.17, 15) is 4.79 Å². The Labute approximate surface area is 140 Å². The number of hydrogen-bond donors (Lipinski definition) is 2. The number of aromatic nitrogens is 2. The Kier molecular flexibility index (Phi) is 4.41. The average molecular weight is 333 g/mol. The molecule has 3 N–H and O–H groups in total. The minimum absolute atomic E-state index is 0.129. The van der Waals surface area contributed by atoms with Crippen molar-refractivity contribution >= 4 is 17.5 Å². The maximum Gasteiger partial charge on any atom is 0.254 e. The van der Waals surface area contributed by atoms with Crippen molar-refractivity contribution in [2.45, 2.75) is 31.8 Å². The number of halogens is 1. The molecule has 1 fully saturated rings. The minimum Gasteiger partial charge on any atom is -0.345 e. The zero-order valence-corrected chi connectivity index (χ0v) is 13.9. The van der Waals surface area contributed by atoms with Crippen LogP contribution in [-0.2, 0) is 6.54 Å². The molecule has 6 heteroatoms. The maximum absolute atomic E-state index is 12.4. The van der Waals surface area contributed by atoms with Crippen molar-refractivity contribution in [3.05, 3.63) is 52.8 Å². The lowest BCUT2D eigenvalue weighted by atomic mass is 9.95. The molecule has 1 aromatic carbocycles. The first kappa shape index (κ1) is 16.0. The fourth-order valence-corrected chi connectivity index (χ4v) is 2.94. The van der Waals surface area contributed by atoms with Gasteiger partial charge in [-0.2, -0.15) is 5.10 Å². The van der Waals surface area contributed by atoms with Gasteiger partial charge in [0.05, 0.1) is 23.8 Å². The summed E-state index contributed by atoms with van der Waals surface area (Å²) in [5, 5.41) is 8.02. The third kappa shape index (κ3) is 3.57. The number of benzene rings is 1. The van der Waals surface area contributed by atoms with Crippen LogP contribution < -0.4 is 11.1 Å². The summed E-state index contributed by atoms with van der Waals surface area (Å²) in [6.07, 6.45) is 5.57. The van der Waals surface area contributed by atoms with E-state index < -0.39 is 0 Å². The molecule has 0 saturated heterocycles. The molecular formula is C17H21ClN4O. The molecular weight excluding hydrogens is 312 g/mol. The summed E-state index contributed by atoms with van der Waals surface area (Å²) >= 11 is 6.16. The van der Waals surface area contributed by atoms with Gasteiger partial charge in [-0.15, -0.1) is 0 Å². The molecule has 122 valence electrons. The van der Waals surface area contributed by atoms with E-state index in [2.05, 4.69) is 10.4 Å². The van der Waals surface area contributed by atoms with E-state index in [1.54, 1.807) is 17.1 Å². The van der Waals surface area contributed by atoms with Gasteiger partial charge >= 0.3 is 0 Å². The summed E-state index contributed by atoms with van der Waals surface area (Å²) in [5.41, 5.74) is 7.02. The van der Waals surface area contributed by atoms with Crippen molar-refractivity contribution in [1.29, 1.82) is 0 Å².